The predicted molar refractivity (Wildman–Crippen MR) is 54.7 cm³/mol. The van der Waals surface area contributed by atoms with Gasteiger partial charge in [0.05, 0.1) is 24.3 Å². The lowest BCUT2D eigenvalue weighted by Gasteiger charge is -2.11. The van der Waals surface area contributed by atoms with Gasteiger partial charge >= 0.3 is 0 Å². The molecule has 0 aliphatic rings. The minimum absolute atomic E-state index is 0.119. The van der Waals surface area contributed by atoms with Crippen LogP contribution in [0.5, 0.6) is 0 Å². The molecule has 0 fully saturated rings. The van der Waals surface area contributed by atoms with Crippen molar-refractivity contribution in [3.05, 3.63) is 34.9 Å². The Kier molecular flexibility index (Phi) is 3.63. The third-order valence-electron chi connectivity index (χ3n) is 2.15. The van der Waals surface area contributed by atoms with E-state index in [1.165, 1.54) is 0 Å². The van der Waals surface area contributed by atoms with Crippen molar-refractivity contribution in [2.75, 3.05) is 13.7 Å². The van der Waals surface area contributed by atoms with Crippen molar-refractivity contribution < 1.29 is 4.74 Å². The highest BCUT2D eigenvalue weighted by Gasteiger charge is 2.06. The van der Waals surface area contributed by atoms with Crippen LogP contribution in [-0.4, -0.2) is 13.7 Å². The molecule has 0 aliphatic carbocycles. The Morgan fingerprint density at radius 3 is 2.79 bits per heavy atom. The number of ether oxygens (including phenoxy) is 1. The third kappa shape index (κ3) is 2.32. The fourth-order valence-corrected chi connectivity index (χ4v) is 1.32. The normalized spacial score (nSPS) is 12.1. The molecule has 1 rings (SSSR count). The van der Waals surface area contributed by atoms with E-state index in [2.05, 4.69) is 6.07 Å². The molecule has 74 valence electrons. The Morgan fingerprint density at radius 1 is 1.57 bits per heavy atom. The van der Waals surface area contributed by atoms with Gasteiger partial charge in [-0.15, -0.1) is 0 Å². The van der Waals surface area contributed by atoms with Crippen molar-refractivity contribution in [3.8, 4) is 6.07 Å². The molecular weight excluding hydrogens is 176 g/mol. The van der Waals surface area contributed by atoms with Crippen molar-refractivity contribution in [3.63, 3.8) is 0 Å². The Balaban J connectivity index is 2.92. The van der Waals surface area contributed by atoms with Crippen molar-refractivity contribution >= 4 is 0 Å². The summed E-state index contributed by atoms with van der Waals surface area (Å²) in [4.78, 5) is 0. The van der Waals surface area contributed by atoms with Crippen LogP contribution in [0.1, 0.15) is 22.7 Å². The first-order valence-electron chi connectivity index (χ1n) is 4.44. The van der Waals surface area contributed by atoms with E-state index in [0.717, 1.165) is 11.1 Å². The Hall–Kier alpha value is -1.37. The number of benzene rings is 1. The van der Waals surface area contributed by atoms with E-state index in [1.54, 1.807) is 13.2 Å². The molecule has 1 aromatic rings. The summed E-state index contributed by atoms with van der Waals surface area (Å²) in [5.41, 5.74) is 8.51. The summed E-state index contributed by atoms with van der Waals surface area (Å²) < 4.78 is 4.96. The minimum Gasteiger partial charge on any atom is -0.383 e. The molecule has 0 bridgehead atoms. The number of aryl methyl sites for hydroxylation is 1. The van der Waals surface area contributed by atoms with Crippen LogP contribution < -0.4 is 5.73 Å². The molecular formula is C11H14N2O. The average Bonchev–Trinajstić information content (AvgIpc) is 2.18. The molecule has 14 heavy (non-hydrogen) atoms. The second kappa shape index (κ2) is 4.75. The highest BCUT2D eigenvalue weighted by molar-refractivity contribution is 5.40. The maximum absolute atomic E-state index is 8.75. The zero-order valence-corrected chi connectivity index (χ0v) is 8.45. The van der Waals surface area contributed by atoms with Gasteiger partial charge in [-0.1, -0.05) is 12.1 Å². The molecule has 0 radical (unpaired) electrons. The first-order chi connectivity index (χ1) is 6.69. The number of rotatable bonds is 3. The van der Waals surface area contributed by atoms with Gasteiger partial charge in [0.1, 0.15) is 0 Å². The summed E-state index contributed by atoms with van der Waals surface area (Å²) in [7, 11) is 1.62. The molecule has 0 heterocycles. The highest BCUT2D eigenvalue weighted by atomic mass is 16.5. The summed E-state index contributed by atoms with van der Waals surface area (Å²) in [5.74, 6) is 0. The van der Waals surface area contributed by atoms with Crippen LogP contribution in [-0.2, 0) is 4.74 Å². The van der Waals surface area contributed by atoms with E-state index >= 15 is 0 Å². The van der Waals surface area contributed by atoms with Gasteiger partial charge in [0.25, 0.3) is 0 Å². The van der Waals surface area contributed by atoms with Gasteiger partial charge in [-0.05, 0) is 24.1 Å². The van der Waals surface area contributed by atoms with E-state index in [0.29, 0.717) is 12.2 Å². The molecule has 2 N–H and O–H groups in total. The molecule has 0 saturated heterocycles. The van der Waals surface area contributed by atoms with E-state index < -0.39 is 0 Å². The highest BCUT2D eigenvalue weighted by Crippen LogP contribution is 2.15. The standard InChI is InChI=1S/C11H14N2O/c1-8-5-9(11(13)7-14-2)3-4-10(8)6-12/h3-5,11H,7,13H2,1-2H3. The molecule has 0 saturated carbocycles. The lowest BCUT2D eigenvalue weighted by Crippen LogP contribution is -2.16. The molecule has 1 atom stereocenters. The molecule has 0 aliphatic heterocycles. The van der Waals surface area contributed by atoms with E-state index in [-0.39, 0.29) is 6.04 Å². The number of nitrogens with two attached hydrogens (primary N) is 1. The summed E-state index contributed by atoms with van der Waals surface area (Å²) >= 11 is 0. The van der Waals surface area contributed by atoms with Crippen LogP contribution in [0.4, 0.5) is 0 Å². The first kappa shape index (κ1) is 10.7. The van der Waals surface area contributed by atoms with Crippen molar-refractivity contribution in [2.24, 2.45) is 5.73 Å². The molecule has 1 aromatic carbocycles. The molecule has 0 spiro atoms. The van der Waals surface area contributed by atoms with Gasteiger partial charge < -0.3 is 10.5 Å². The molecule has 3 heteroatoms. The SMILES string of the molecule is COCC(N)c1ccc(C#N)c(C)c1. The number of hydrogen-bond acceptors (Lipinski definition) is 3. The predicted octanol–water partition coefficient (Wildman–Crippen LogP) is 1.51. The summed E-state index contributed by atoms with van der Waals surface area (Å²) in [5, 5.41) is 8.75. The van der Waals surface area contributed by atoms with Crippen LogP contribution in [0.25, 0.3) is 0 Å². The number of nitriles is 1. The van der Waals surface area contributed by atoms with Gasteiger partial charge in [-0.2, -0.15) is 5.26 Å². The Bertz CT molecular complexity index is 355. The van der Waals surface area contributed by atoms with Crippen LogP contribution in [0.3, 0.4) is 0 Å². The van der Waals surface area contributed by atoms with Gasteiger partial charge in [0.2, 0.25) is 0 Å². The third-order valence-corrected chi connectivity index (χ3v) is 2.15. The maximum Gasteiger partial charge on any atom is 0.0994 e. The smallest absolute Gasteiger partial charge is 0.0994 e. The van der Waals surface area contributed by atoms with Crippen LogP contribution in [0.2, 0.25) is 0 Å². The van der Waals surface area contributed by atoms with Gasteiger partial charge in [0.15, 0.2) is 0 Å². The second-order valence-electron chi connectivity index (χ2n) is 3.25. The van der Waals surface area contributed by atoms with Crippen LogP contribution >= 0.6 is 0 Å². The van der Waals surface area contributed by atoms with E-state index in [1.807, 2.05) is 19.1 Å². The maximum atomic E-state index is 8.75. The van der Waals surface area contributed by atoms with Gasteiger partial charge in [-0.3, -0.25) is 0 Å². The fourth-order valence-electron chi connectivity index (χ4n) is 1.32. The topological polar surface area (TPSA) is 59.0 Å². The largest absolute Gasteiger partial charge is 0.383 e. The Labute approximate surface area is 84.1 Å². The minimum atomic E-state index is -0.119. The van der Waals surface area contributed by atoms with E-state index in [4.69, 9.17) is 15.7 Å². The molecule has 0 aromatic heterocycles. The average molecular weight is 190 g/mol. The quantitative estimate of drug-likeness (QED) is 0.786. The van der Waals surface area contributed by atoms with E-state index in [9.17, 15) is 0 Å². The summed E-state index contributed by atoms with van der Waals surface area (Å²) in [6.45, 7) is 2.40. The zero-order chi connectivity index (χ0) is 10.6. The zero-order valence-electron chi connectivity index (χ0n) is 8.45. The van der Waals surface area contributed by atoms with Gasteiger partial charge in [0, 0.05) is 7.11 Å². The lowest BCUT2D eigenvalue weighted by molar-refractivity contribution is 0.181. The van der Waals surface area contributed by atoms with Crippen molar-refractivity contribution in [1.82, 2.24) is 0 Å². The molecule has 1 unspecified atom stereocenters. The van der Waals surface area contributed by atoms with Crippen LogP contribution in [0, 0.1) is 18.3 Å². The first-order valence-corrected chi connectivity index (χ1v) is 4.44. The lowest BCUT2D eigenvalue weighted by atomic mass is 10.0. The van der Waals surface area contributed by atoms with Crippen molar-refractivity contribution in [2.45, 2.75) is 13.0 Å². The number of methoxy groups -OCH3 is 1. The Morgan fingerprint density at radius 2 is 2.29 bits per heavy atom. The fraction of sp³-hybridized carbons (Fsp3) is 0.364. The van der Waals surface area contributed by atoms with Gasteiger partial charge in [-0.25, -0.2) is 0 Å². The summed E-state index contributed by atoms with van der Waals surface area (Å²) in [6, 6.07) is 7.60. The monoisotopic (exact) mass is 190 g/mol. The number of nitrogens with zero attached hydrogens (tertiary/aromatic N) is 1. The second-order valence-corrected chi connectivity index (χ2v) is 3.25. The molecule has 3 nitrogen and oxygen atoms in total. The summed E-state index contributed by atoms with van der Waals surface area (Å²) in [6.07, 6.45) is 0. The molecule has 0 amide bonds. The number of hydrogen-bond donors (Lipinski definition) is 1. The van der Waals surface area contributed by atoms with Crippen molar-refractivity contribution in [1.29, 1.82) is 5.26 Å². The van der Waals surface area contributed by atoms with Crippen LogP contribution in [0.15, 0.2) is 18.2 Å².